The van der Waals surface area contributed by atoms with Crippen LogP contribution in [0.3, 0.4) is 0 Å². The summed E-state index contributed by atoms with van der Waals surface area (Å²) in [5.74, 6) is 0.533. The second-order valence-corrected chi connectivity index (χ2v) is 4.56. The molecular weight excluding hydrogens is 275 g/mol. The first-order chi connectivity index (χ1) is 9.20. The largest absolute Gasteiger partial charge is 0.419 e. The molecule has 0 saturated heterocycles. The predicted molar refractivity (Wildman–Crippen MR) is 65.5 cm³/mol. The minimum atomic E-state index is -4.72. The molecule has 0 bridgehead atoms. The standard InChI is InChI=1S/C12H12F3N3O2/c1-7-6-17(8(2)16-7)9-3-4-11(18(19)20)10(5-9)12(13,14)15/h3,5-6,11H,4H2,1-2H3. The van der Waals surface area contributed by atoms with Crippen LogP contribution in [0.4, 0.5) is 13.2 Å². The van der Waals surface area contributed by atoms with Crippen molar-refractivity contribution in [3.05, 3.63) is 45.6 Å². The number of imidazole rings is 1. The van der Waals surface area contributed by atoms with Crippen molar-refractivity contribution in [2.45, 2.75) is 32.5 Å². The van der Waals surface area contributed by atoms with E-state index in [-0.39, 0.29) is 12.1 Å². The van der Waals surface area contributed by atoms with Gasteiger partial charge in [0.25, 0.3) is 0 Å². The molecule has 1 aromatic heterocycles. The van der Waals surface area contributed by atoms with Gasteiger partial charge in [-0.25, -0.2) is 4.98 Å². The third kappa shape index (κ3) is 2.59. The van der Waals surface area contributed by atoms with E-state index in [0.717, 1.165) is 6.08 Å². The SMILES string of the molecule is Cc1cn(C2=CCC([N+](=O)[O-])C(C(F)(F)F)=C2)c(C)n1. The Labute approximate surface area is 112 Å². The average molecular weight is 287 g/mol. The van der Waals surface area contributed by atoms with E-state index in [0.29, 0.717) is 11.5 Å². The fourth-order valence-corrected chi connectivity index (χ4v) is 2.19. The van der Waals surface area contributed by atoms with Gasteiger partial charge in [-0.15, -0.1) is 0 Å². The van der Waals surface area contributed by atoms with Gasteiger partial charge in [0.15, 0.2) is 0 Å². The van der Waals surface area contributed by atoms with E-state index in [1.165, 1.54) is 10.6 Å². The molecule has 1 aliphatic carbocycles. The molecule has 0 N–H and O–H groups in total. The number of nitro groups is 1. The van der Waals surface area contributed by atoms with Crippen LogP contribution in [0.15, 0.2) is 23.9 Å². The second kappa shape index (κ2) is 4.77. The van der Waals surface area contributed by atoms with E-state index in [2.05, 4.69) is 4.98 Å². The van der Waals surface area contributed by atoms with Gasteiger partial charge in [-0.3, -0.25) is 10.1 Å². The topological polar surface area (TPSA) is 61.0 Å². The Morgan fingerprint density at radius 1 is 1.45 bits per heavy atom. The Morgan fingerprint density at radius 3 is 2.55 bits per heavy atom. The Bertz CT molecular complexity index is 614. The number of aromatic nitrogens is 2. The van der Waals surface area contributed by atoms with Crippen LogP contribution in [-0.4, -0.2) is 26.7 Å². The molecule has 108 valence electrons. The third-order valence-corrected chi connectivity index (χ3v) is 3.08. The summed E-state index contributed by atoms with van der Waals surface area (Å²) in [5.41, 5.74) is -0.207. The molecule has 0 saturated carbocycles. The number of alkyl halides is 3. The Hall–Kier alpha value is -2.12. The van der Waals surface area contributed by atoms with Gasteiger partial charge in [0.05, 0.1) is 5.69 Å². The number of hydrogen-bond acceptors (Lipinski definition) is 3. The number of allylic oxidation sites excluding steroid dienone is 2. The fraction of sp³-hybridized carbons (Fsp3) is 0.417. The first-order valence-corrected chi connectivity index (χ1v) is 5.85. The van der Waals surface area contributed by atoms with Gasteiger partial charge in [0.1, 0.15) is 11.4 Å². The van der Waals surface area contributed by atoms with Gasteiger partial charge in [0.2, 0.25) is 6.04 Å². The van der Waals surface area contributed by atoms with Crippen LogP contribution in [0.5, 0.6) is 0 Å². The van der Waals surface area contributed by atoms with E-state index >= 15 is 0 Å². The molecule has 0 aliphatic heterocycles. The van der Waals surface area contributed by atoms with Crippen LogP contribution in [0, 0.1) is 24.0 Å². The van der Waals surface area contributed by atoms with E-state index in [9.17, 15) is 23.3 Å². The molecule has 20 heavy (non-hydrogen) atoms. The quantitative estimate of drug-likeness (QED) is 0.620. The molecule has 0 amide bonds. The monoisotopic (exact) mass is 287 g/mol. The summed E-state index contributed by atoms with van der Waals surface area (Å²) in [6.07, 6.45) is -1.16. The Morgan fingerprint density at radius 2 is 2.10 bits per heavy atom. The van der Waals surface area contributed by atoms with Crippen LogP contribution in [-0.2, 0) is 0 Å². The van der Waals surface area contributed by atoms with Gasteiger partial charge >= 0.3 is 6.18 Å². The lowest BCUT2D eigenvalue weighted by atomic mass is 9.97. The zero-order valence-electron chi connectivity index (χ0n) is 10.8. The van der Waals surface area contributed by atoms with Crippen molar-refractivity contribution in [1.29, 1.82) is 0 Å². The third-order valence-electron chi connectivity index (χ3n) is 3.08. The molecule has 1 atom stereocenters. The molecule has 2 rings (SSSR count). The predicted octanol–water partition coefficient (Wildman–Crippen LogP) is 2.88. The van der Waals surface area contributed by atoms with Gasteiger partial charge in [-0.2, -0.15) is 13.2 Å². The normalized spacial score (nSPS) is 19.6. The van der Waals surface area contributed by atoms with Crippen LogP contribution in [0.1, 0.15) is 17.9 Å². The van der Waals surface area contributed by atoms with Crippen molar-refractivity contribution in [2.75, 3.05) is 0 Å². The van der Waals surface area contributed by atoms with Crippen molar-refractivity contribution in [3.63, 3.8) is 0 Å². The summed E-state index contributed by atoms with van der Waals surface area (Å²) in [6.45, 7) is 3.38. The van der Waals surface area contributed by atoms with Crippen molar-refractivity contribution >= 4 is 5.70 Å². The first-order valence-electron chi connectivity index (χ1n) is 5.85. The molecule has 1 unspecified atom stereocenters. The van der Waals surface area contributed by atoms with E-state index in [1.54, 1.807) is 20.0 Å². The molecule has 0 spiro atoms. The molecule has 1 heterocycles. The molecule has 1 aromatic rings. The fourth-order valence-electron chi connectivity index (χ4n) is 2.19. The second-order valence-electron chi connectivity index (χ2n) is 4.56. The Kier molecular flexibility index (Phi) is 3.41. The number of hydrogen-bond donors (Lipinski definition) is 0. The van der Waals surface area contributed by atoms with Crippen molar-refractivity contribution in [1.82, 2.24) is 9.55 Å². The van der Waals surface area contributed by atoms with Gasteiger partial charge in [-0.1, -0.05) is 6.08 Å². The van der Waals surface area contributed by atoms with E-state index in [1.807, 2.05) is 0 Å². The van der Waals surface area contributed by atoms with E-state index in [4.69, 9.17) is 0 Å². The maximum Gasteiger partial charge on any atom is 0.419 e. The zero-order valence-corrected chi connectivity index (χ0v) is 10.8. The molecule has 8 heteroatoms. The molecule has 1 aliphatic rings. The maximum absolute atomic E-state index is 12.9. The molecule has 0 radical (unpaired) electrons. The van der Waals surface area contributed by atoms with Crippen LogP contribution in [0.2, 0.25) is 0 Å². The summed E-state index contributed by atoms with van der Waals surface area (Å²) < 4.78 is 40.3. The average Bonchev–Trinajstić information content (AvgIpc) is 2.66. The highest BCUT2D eigenvalue weighted by Crippen LogP contribution is 2.35. The lowest BCUT2D eigenvalue weighted by Crippen LogP contribution is -2.32. The number of nitrogens with zero attached hydrogens (tertiary/aromatic N) is 3. The van der Waals surface area contributed by atoms with E-state index < -0.39 is 22.7 Å². The van der Waals surface area contributed by atoms with Crippen LogP contribution >= 0.6 is 0 Å². The van der Waals surface area contributed by atoms with Crippen molar-refractivity contribution in [2.24, 2.45) is 0 Å². The summed E-state index contributed by atoms with van der Waals surface area (Å²) >= 11 is 0. The van der Waals surface area contributed by atoms with Gasteiger partial charge in [0, 0.05) is 23.2 Å². The highest BCUT2D eigenvalue weighted by atomic mass is 19.4. The van der Waals surface area contributed by atoms with Gasteiger partial charge in [-0.05, 0) is 19.9 Å². The zero-order chi connectivity index (χ0) is 15.1. The van der Waals surface area contributed by atoms with Crippen LogP contribution < -0.4 is 0 Å². The highest BCUT2D eigenvalue weighted by Gasteiger charge is 2.45. The number of aryl methyl sites for hydroxylation is 2. The maximum atomic E-state index is 12.9. The van der Waals surface area contributed by atoms with Crippen LogP contribution in [0.25, 0.3) is 5.70 Å². The minimum Gasteiger partial charge on any atom is -0.304 e. The molecule has 0 fully saturated rings. The van der Waals surface area contributed by atoms with Gasteiger partial charge < -0.3 is 4.57 Å². The summed E-state index contributed by atoms with van der Waals surface area (Å²) in [7, 11) is 0. The molecule has 0 aromatic carbocycles. The number of rotatable bonds is 2. The summed E-state index contributed by atoms with van der Waals surface area (Å²) in [4.78, 5) is 13.9. The smallest absolute Gasteiger partial charge is 0.304 e. The minimum absolute atomic E-state index is 0.258. The lowest BCUT2D eigenvalue weighted by Gasteiger charge is -2.20. The Balaban J connectivity index is 2.46. The number of halogens is 3. The molecule has 5 nitrogen and oxygen atoms in total. The first kappa shape index (κ1) is 14.3. The van der Waals surface area contributed by atoms with Crippen molar-refractivity contribution in [3.8, 4) is 0 Å². The highest BCUT2D eigenvalue weighted by molar-refractivity contribution is 5.62. The molecular formula is C12H12F3N3O2. The summed E-state index contributed by atoms with van der Waals surface area (Å²) in [5, 5.41) is 10.7. The lowest BCUT2D eigenvalue weighted by molar-refractivity contribution is -0.515. The van der Waals surface area contributed by atoms with Crippen molar-refractivity contribution < 1.29 is 18.1 Å². The summed E-state index contributed by atoms with van der Waals surface area (Å²) in [6, 6.07) is -1.75.